The molecule has 0 saturated carbocycles. The predicted molar refractivity (Wildman–Crippen MR) is 112 cm³/mol. The molecule has 0 aliphatic rings. The third-order valence-electron chi connectivity index (χ3n) is 4.22. The summed E-state index contributed by atoms with van der Waals surface area (Å²) in [5.41, 5.74) is 4.68. The highest BCUT2D eigenvalue weighted by Crippen LogP contribution is 2.24. The molecule has 6 nitrogen and oxygen atoms in total. The summed E-state index contributed by atoms with van der Waals surface area (Å²) >= 11 is 6.01. The molecule has 3 aromatic rings. The first-order valence-electron chi connectivity index (χ1n) is 9.10. The predicted octanol–water partition coefficient (Wildman–Crippen LogP) is 3.88. The number of carbonyl (C=O) groups is 2. The van der Waals surface area contributed by atoms with Crippen molar-refractivity contribution in [2.45, 2.75) is 26.1 Å². The average Bonchev–Trinajstić information content (AvgIpc) is 2.73. The summed E-state index contributed by atoms with van der Waals surface area (Å²) in [4.78, 5) is 24.4. The molecule has 0 saturated heterocycles. The van der Waals surface area contributed by atoms with Gasteiger partial charge >= 0.3 is 0 Å². The normalized spacial score (nSPS) is 12.7. The largest absolute Gasteiger partial charge is 0.481 e. The third-order valence-corrected chi connectivity index (χ3v) is 4.53. The second-order valence-electron chi connectivity index (χ2n) is 6.44. The second-order valence-corrected chi connectivity index (χ2v) is 6.85. The van der Waals surface area contributed by atoms with Gasteiger partial charge in [0.05, 0.1) is 5.02 Å². The highest BCUT2D eigenvalue weighted by Gasteiger charge is 2.19. The summed E-state index contributed by atoms with van der Waals surface area (Å²) in [5.74, 6) is -0.0585. The van der Waals surface area contributed by atoms with Crippen LogP contribution in [-0.4, -0.2) is 24.0 Å². The van der Waals surface area contributed by atoms with Crippen LogP contribution >= 0.6 is 11.6 Å². The molecule has 3 rings (SSSR count). The Bertz CT molecular complexity index is 1020. The van der Waals surface area contributed by atoms with Gasteiger partial charge in [0.1, 0.15) is 11.5 Å². The maximum atomic E-state index is 12.2. The van der Waals surface area contributed by atoms with Crippen molar-refractivity contribution in [3.8, 4) is 11.5 Å². The number of amides is 2. The van der Waals surface area contributed by atoms with Crippen molar-refractivity contribution in [1.82, 2.24) is 10.9 Å². The lowest BCUT2D eigenvalue weighted by Crippen LogP contribution is -2.50. The highest BCUT2D eigenvalue weighted by molar-refractivity contribution is 6.32. The molecule has 0 radical (unpaired) electrons. The second kappa shape index (κ2) is 9.30. The minimum Gasteiger partial charge on any atom is -0.481 e. The van der Waals surface area contributed by atoms with Crippen molar-refractivity contribution in [2.24, 2.45) is 0 Å². The number of hydrazine groups is 1. The average molecular weight is 413 g/mol. The number of benzene rings is 3. The molecule has 150 valence electrons. The summed E-state index contributed by atoms with van der Waals surface area (Å²) < 4.78 is 11.2. The van der Waals surface area contributed by atoms with Gasteiger partial charge in [-0.3, -0.25) is 20.4 Å². The summed E-state index contributed by atoms with van der Waals surface area (Å²) in [6.07, 6.45) is -1.66. The number of fused-ring (bicyclic) bond motifs is 1. The number of para-hydroxylation sites is 1. The van der Waals surface area contributed by atoms with Crippen LogP contribution in [0.2, 0.25) is 5.02 Å². The monoisotopic (exact) mass is 412 g/mol. The van der Waals surface area contributed by atoms with Gasteiger partial charge in [0, 0.05) is 0 Å². The Hall–Kier alpha value is -3.25. The molecule has 0 aliphatic carbocycles. The van der Waals surface area contributed by atoms with E-state index in [0.29, 0.717) is 16.5 Å². The fraction of sp³-hybridized carbons (Fsp3) is 0.182. The van der Waals surface area contributed by atoms with Gasteiger partial charge in [-0.05, 0) is 48.9 Å². The van der Waals surface area contributed by atoms with Crippen molar-refractivity contribution in [3.05, 3.63) is 71.8 Å². The van der Waals surface area contributed by atoms with Crippen LogP contribution in [0.3, 0.4) is 0 Å². The topological polar surface area (TPSA) is 76.7 Å². The molecule has 29 heavy (non-hydrogen) atoms. The fourth-order valence-corrected chi connectivity index (χ4v) is 2.79. The van der Waals surface area contributed by atoms with Gasteiger partial charge in [0.2, 0.25) is 0 Å². The van der Waals surface area contributed by atoms with Crippen molar-refractivity contribution < 1.29 is 19.1 Å². The molecular weight excluding hydrogens is 392 g/mol. The zero-order chi connectivity index (χ0) is 20.8. The fourth-order valence-electron chi connectivity index (χ4n) is 2.61. The molecule has 0 unspecified atom stereocenters. The number of nitrogens with one attached hydrogen (secondary N) is 2. The lowest BCUT2D eigenvalue weighted by Gasteiger charge is -2.18. The van der Waals surface area contributed by atoms with E-state index in [1.807, 2.05) is 36.4 Å². The Morgan fingerprint density at radius 3 is 2.07 bits per heavy atom. The van der Waals surface area contributed by atoms with Gasteiger partial charge < -0.3 is 9.47 Å². The molecule has 2 amide bonds. The van der Waals surface area contributed by atoms with Gasteiger partial charge in [0.15, 0.2) is 12.2 Å². The van der Waals surface area contributed by atoms with Gasteiger partial charge in [-0.15, -0.1) is 0 Å². The van der Waals surface area contributed by atoms with E-state index in [1.165, 1.54) is 0 Å². The SMILES string of the molecule is C[C@H](Oc1ccc2ccccc2c1)C(=O)NNC(=O)[C@@H](C)Oc1ccccc1Cl. The van der Waals surface area contributed by atoms with E-state index in [9.17, 15) is 9.59 Å². The number of carbonyl (C=O) groups excluding carboxylic acids is 2. The van der Waals surface area contributed by atoms with Crippen molar-refractivity contribution in [1.29, 1.82) is 0 Å². The number of hydrogen-bond donors (Lipinski definition) is 2. The Labute approximate surface area is 173 Å². The van der Waals surface area contributed by atoms with E-state index in [0.717, 1.165) is 10.8 Å². The van der Waals surface area contributed by atoms with E-state index in [-0.39, 0.29) is 0 Å². The van der Waals surface area contributed by atoms with Gasteiger partial charge in [-0.25, -0.2) is 0 Å². The molecule has 0 fully saturated rings. The molecular formula is C22H21ClN2O4. The highest BCUT2D eigenvalue weighted by atomic mass is 35.5. The van der Waals surface area contributed by atoms with Gasteiger partial charge in [-0.2, -0.15) is 0 Å². The molecule has 7 heteroatoms. The summed E-state index contributed by atoms with van der Waals surface area (Å²) in [7, 11) is 0. The van der Waals surface area contributed by atoms with E-state index in [4.69, 9.17) is 21.1 Å². The molecule has 0 aromatic heterocycles. The van der Waals surface area contributed by atoms with E-state index in [2.05, 4.69) is 10.9 Å². The quantitative estimate of drug-likeness (QED) is 0.602. The Balaban J connectivity index is 1.51. The molecule has 0 heterocycles. The van der Waals surface area contributed by atoms with Crippen molar-refractivity contribution in [2.75, 3.05) is 0 Å². The lowest BCUT2D eigenvalue weighted by molar-refractivity contribution is -0.135. The Morgan fingerprint density at radius 1 is 0.793 bits per heavy atom. The first kappa shape index (κ1) is 20.5. The molecule has 2 atom stereocenters. The van der Waals surface area contributed by atoms with Crippen LogP contribution in [0.25, 0.3) is 10.8 Å². The summed E-state index contributed by atoms with van der Waals surface area (Å²) in [5, 5.41) is 2.49. The molecule has 2 N–H and O–H groups in total. The van der Waals surface area contributed by atoms with Crippen LogP contribution in [0.15, 0.2) is 66.7 Å². The summed E-state index contributed by atoms with van der Waals surface area (Å²) in [6.45, 7) is 3.15. The minimum absolute atomic E-state index is 0.385. The van der Waals surface area contributed by atoms with Crippen LogP contribution < -0.4 is 20.3 Å². The maximum absolute atomic E-state index is 12.2. The van der Waals surface area contributed by atoms with Crippen LogP contribution in [0.5, 0.6) is 11.5 Å². The van der Waals surface area contributed by atoms with Crippen molar-refractivity contribution >= 4 is 34.2 Å². The molecule has 0 spiro atoms. The molecule has 3 aromatic carbocycles. The van der Waals surface area contributed by atoms with Crippen LogP contribution in [0.1, 0.15) is 13.8 Å². The third kappa shape index (κ3) is 5.39. The van der Waals surface area contributed by atoms with Crippen LogP contribution in [-0.2, 0) is 9.59 Å². The van der Waals surface area contributed by atoms with Crippen molar-refractivity contribution in [3.63, 3.8) is 0 Å². The first-order chi connectivity index (χ1) is 13.9. The molecule has 0 aliphatic heterocycles. The molecule has 0 bridgehead atoms. The first-order valence-corrected chi connectivity index (χ1v) is 9.48. The van der Waals surface area contributed by atoms with E-state index in [1.54, 1.807) is 44.2 Å². The Kier molecular flexibility index (Phi) is 6.57. The van der Waals surface area contributed by atoms with Crippen LogP contribution in [0.4, 0.5) is 0 Å². The van der Waals surface area contributed by atoms with E-state index >= 15 is 0 Å². The van der Waals surface area contributed by atoms with Gasteiger partial charge in [-0.1, -0.05) is 54.1 Å². The zero-order valence-electron chi connectivity index (χ0n) is 16.0. The zero-order valence-corrected chi connectivity index (χ0v) is 16.8. The maximum Gasteiger partial charge on any atom is 0.279 e. The number of rotatable bonds is 6. The Morgan fingerprint density at radius 2 is 1.38 bits per heavy atom. The van der Waals surface area contributed by atoms with Crippen LogP contribution in [0, 0.1) is 0 Å². The number of halogens is 1. The lowest BCUT2D eigenvalue weighted by atomic mass is 10.1. The minimum atomic E-state index is -0.855. The number of hydrogen-bond acceptors (Lipinski definition) is 4. The number of ether oxygens (including phenoxy) is 2. The smallest absolute Gasteiger partial charge is 0.279 e. The standard InChI is InChI=1S/C22H21ClN2O4/c1-14(28-18-12-11-16-7-3-4-8-17(16)13-18)21(26)24-25-22(27)15(2)29-20-10-6-5-9-19(20)23/h3-15H,1-2H3,(H,24,26)(H,25,27)/t14-,15+/m0/s1. The van der Waals surface area contributed by atoms with Gasteiger partial charge in [0.25, 0.3) is 11.8 Å². The summed E-state index contributed by atoms with van der Waals surface area (Å²) in [6, 6.07) is 20.3. The van der Waals surface area contributed by atoms with E-state index < -0.39 is 24.0 Å².